The summed E-state index contributed by atoms with van der Waals surface area (Å²) in [6.45, 7) is 7.68. The SMILES string of the molecule is C=CCP(=[Se])(C=C)c1ccccc1. The van der Waals surface area contributed by atoms with E-state index >= 15 is 0 Å². The van der Waals surface area contributed by atoms with Gasteiger partial charge >= 0.3 is 87.5 Å². The Balaban J connectivity index is 3.10. The third-order valence-corrected chi connectivity index (χ3v) is 7.65. The Hall–Kier alpha value is -0.351. The predicted octanol–water partition coefficient (Wildman–Crippen LogP) is 2.74. The first-order valence-corrected chi connectivity index (χ1v) is 8.38. The second-order valence-electron chi connectivity index (χ2n) is 2.78. The quantitative estimate of drug-likeness (QED) is 0.441. The van der Waals surface area contributed by atoms with Crippen molar-refractivity contribution in [2.24, 2.45) is 0 Å². The molecule has 13 heavy (non-hydrogen) atoms. The molecule has 0 saturated carbocycles. The molecule has 0 spiro atoms. The zero-order valence-electron chi connectivity index (χ0n) is 7.52. The van der Waals surface area contributed by atoms with Crippen molar-refractivity contribution in [3.8, 4) is 0 Å². The van der Waals surface area contributed by atoms with E-state index in [0.717, 1.165) is 6.16 Å². The molecule has 0 aliphatic heterocycles. The molecule has 68 valence electrons. The van der Waals surface area contributed by atoms with Crippen LogP contribution in [0, 0.1) is 0 Å². The van der Waals surface area contributed by atoms with Crippen molar-refractivity contribution in [1.29, 1.82) is 0 Å². The van der Waals surface area contributed by atoms with E-state index in [4.69, 9.17) is 0 Å². The van der Waals surface area contributed by atoms with Gasteiger partial charge in [-0.05, 0) is 0 Å². The molecule has 1 aromatic carbocycles. The monoisotopic (exact) mass is 256 g/mol. The Morgan fingerprint density at radius 1 is 1.23 bits per heavy atom. The third-order valence-electron chi connectivity index (χ3n) is 1.89. The summed E-state index contributed by atoms with van der Waals surface area (Å²) in [7, 11) is 0. The summed E-state index contributed by atoms with van der Waals surface area (Å²) in [5.74, 6) is 2.05. The molecule has 0 fully saturated rings. The van der Waals surface area contributed by atoms with Crippen molar-refractivity contribution in [3.05, 3.63) is 55.4 Å². The number of hydrogen-bond donors (Lipinski definition) is 0. The van der Waals surface area contributed by atoms with E-state index in [1.54, 1.807) is 0 Å². The Labute approximate surface area is 87.6 Å². The molecule has 0 radical (unpaired) electrons. The Morgan fingerprint density at radius 2 is 1.85 bits per heavy atom. The van der Waals surface area contributed by atoms with Crippen LogP contribution >= 0.6 is 5.51 Å². The summed E-state index contributed by atoms with van der Waals surface area (Å²) in [5, 5.41) is 1.35. The van der Waals surface area contributed by atoms with Gasteiger partial charge in [0, 0.05) is 0 Å². The van der Waals surface area contributed by atoms with Crippen LogP contribution in [-0.4, -0.2) is 21.3 Å². The molecule has 0 amide bonds. The summed E-state index contributed by atoms with van der Waals surface area (Å²) in [6, 6.07) is 10.5. The van der Waals surface area contributed by atoms with Gasteiger partial charge in [-0.15, -0.1) is 0 Å². The topological polar surface area (TPSA) is 0 Å². The second kappa shape index (κ2) is 4.77. The summed E-state index contributed by atoms with van der Waals surface area (Å²) in [6.07, 6.45) is 2.94. The summed E-state index contributed by atoms with van der Waals surface area (Å²) in [4.78, 5) is 0. The molecule has 1 atom stereocenters. The van der Waals surface area contributed by atoms with E-state index in [1.165, 1.54) is 5.30 Å². The molecular weight excluding hydrogens is 242 g/mol. The van der Waals surface area contributed by atoms with Gasteiger partial charge in [0.2, 0.25) is 0 Å². The fraction of sp³-hybridized carbons (Fsp3) is 0.0909. The molecule has 1 aromatic rings. The Morgan fingerprint density at radius 3 is 2.31 bits per heavy atom. The maximum absolute atomic E-state index is 3.90. The van der Waals surface area contributed by atoms with Crippen LogP contribution in [-0.2, 0) is 0 Å². The molecule has 1 unspecified atom stereocenters. The molecule has 0 saturated heterocycles. The van der Waals surface area contributed by atoms with Gasteiger partial charge in [-0.1, -0.05) is 0 Å². The second-order valence-corrected chi connectivity index (χ2v) is 9.72. The van der Waals surface area contributed by atoms with Crippen LogP contribution in [0.1, 0.15) is 0 Å². The van der Waals surface area contributed by atoms with E-state index < -0.39 is 5.51 Å². The number of hydrogen-bond acceptors (Lipinski definition) is 0. The first-order chi connectivity index (χ1) is 6.23. The van der Waals surface area contributed by atoms with Crippen molar-refractivity contribution in [2.45, 2.75) is 0 Å². The molecule has 0 N–H and O–H groups in total. The zero-order chi connectivity index (χ0) is 9.73. The van der Waals surface area contributed by atoms with Gasteiger partial charge in [0.05, 0.1) is 0 Å². The van der Waals surface area contributed by atoms with Crippen molar-refractivity contribution in [1.82, 2.24) is 0 Å². The molecule has 0 aromatic heterocycles. The van der Waals surface area contributed by atoms with E-state index in [0.29, 0.717) is 0 Å². The molecule has 0 nitrogen and oxygen atoms in total. The standard InChI is InChI=1S/C11H13PSe/c1-3-10-12(13,4-2)11-8-6-5-7-9-11/h3-9H,1-2,10H2. The van der Waals surface area contributed by atoms with Gasteiger partial charge in [-0.25, -0.2) is 0 Å². The summed E-state index contributed by atoms with van der Waals surface area (Å²) >= 11 is 3.28. The van der Waals surface area contributed by atoms with Crippen LogP contribution in [0.2, 0.25) is 0 Å². The zero-order valence-corrected chi connectivity index (χ0v) is 10.1. The van der Waals surface area contributed by atoms with Crippen molar-refractivity contribution in [3.63, 3.8) is 0 Å². The van der Waals surface area contributed by atoms with Gasteiger partial charge in [0.25, 0.3) is 0 Å². The molecule has 0 heterocycles. The molecular formula is C11H13PSe. The Kier molecular flexibility index (Phi) is 3.93. The van der Waals surface area contributed by atoms with Gasteiger partial charge in [0.15, 0.2) is 0 Å². The molecule has 0 aliphatic carbocycles. The normalized spacial score (nSPS) is 14.5. The van der Waals surface area contributed by atoms with Crippen LogP contribution in [0.15, 0.2) is 55.4 Å². The fourth-order valence-electron chi connectivity index (χ4n) is 1.16. The van der Waals surface area contributed by atoms with Crippen molar-refractivity contribution >= 4 is 25.9 Å². The van der Waals surface area contributed by atoms with Crippen LogP contribution in [0.3, 0.4) is 0 Å². The minimum atomic E-state index is -1.28. The molecule has 0 bridgehead atoms. The fourth-order valence-corrected chi connectivity index (χ4v) is 4.22. The predicted molar refractivity (Wildman–Crippen MR) is 64.0 cm³/mol. The van der Waals surface area contributed by atoms with Gasteiger partial charge in [-0.2, -0.15) is 0 Å². The van der Waals surface area contributed by atoms with Crippen LogP contribution in [0.5, 0.6) is 0 Å². The van der Waals surface area contributed by atoms with E-state index in [1.807, 2.05) is 18.0 Å². The molecule has 2 heteroatoms. The number of allylic oxidation sites excluding steroid dienone is 1. The minimum absolute atomic E-state index is 0.987. The molecule has 0 aliphatic rings. The van der Waals surface area contributed by atoms with Crippen LogP contribution in [0.25, 0.3) is 0 Å². The van der Waals surface area contributed by atoms with Crippen LogP contribution < -0.4 is 5.30 Å². The van der Waals surface area contributed by atoms with Gasteiger partial charge in [0.1, 0.15) is 0 Å². The van der Waals surface area contributed by atoms with Gasteiger partial charge in [-0.3, -0.25) is 0 Å². The third kappa shape index (κ3) is 2.54. The average molecular weight is 255 g/mol. The van der Waals surface area contributed by atoms with E-state index in [9.17, 15) is 0 Å². The summed E-state index contributed by atoms with van der Waals surface area (Å²) in [5.41, 5.74) is -1.28. The first kappa shape index (κ1) is 10.7. The number of benzene rings is 1. The Bertz CT molecular complexity index is 340. The average Bonchev–Trinajstić information content (AvgIpc) is 2.19. The summed E-state index contributed by atoms with van der Waals surface area (Å²) < 4.78 is 0. The first-order valence-electron chi connectivity index (χ1n) is 4.12. The van der Waals surface area contributed by atoms with Crippen molar-refractivity contribution < 1.29 is 0 Å². The van der Waals surface area contributed by atoms with E-state index in [-0.39, 0.29) is 0 Å². The van der Waals surface area contributed by atoms with Gasteiger partial charge < -0.3 is 0 Å². The molecule has 1 rings (SSSR count). The van der Waals surface area contributed by atoms with Crippen molar-refractivity contribution in [2.75, 3.05) is 6.16 Å². The number of rotatable bonds is 4. The van der Waals surface area contributed by atoms with Crippen LogP contribution in [0.4, 0.5) is 0 Å². The van der Waals surface area contributed by atoms with E-state index in [2.05, 4.69) is 52.5 Å². The maximum atomic E-state index is 3.90.